The second kappa shape index (κ2) is 42.9. The Morgan fingerprint density at radius 2 is 0.902 bits per heavy atom. The van der Waals surface area contributed by atoms with Crippen LogP contribution in [-0.4, -0.2) is 75.5 Å². The molecule has 61 heavy (non-hydrogen) atoms. The van der Waals surface area contributed by atoms with Crippen molar-refractivity contribution in [2.45, 2.75) is 180 Å². The summed E-state index contributed by atoms with van der Waals surface area (Å²) in [6, 6.07) is -0.744. The Labute approximate surface area is 373 Å². The highest BCUT2D eigenvalue weighted by Crippen LogP contribution is 2.14. The number of rotatable bonds is 41. The molecule has 0 heterocycles. The van der Waals surface area contributed by atoms with E-state index in [0.29, 0.717) is 12.8 Å². The van der Waals surface area contributed by atoms with Gasteiger partial charge in [-0.15, -0.1) is 0 Å². The van der Waals surface area contributed by atoms with E-state index in [1.54, 1.807) is 21.1 Å². The number of carbonyl (C=O) groups excluding carboxylic acids is 3. The summed E-state index contributed by atoms with van der Waals surface area (Å²) in [7, 11) is 5.37. The number of aliphatic carboxylic acids is 1. The van der Waals surface area contributed by atoms with Gasteiger partial charge in [0.2, 0.25) is 0 Å². The summed E-state index contributed by atoms with van der Waals surface area (Å²) >= 11 is 0. The van der Waals surface area contributed by atoms with Crippen molar-refractivity contribution in [3.8, 4) is 0 Å². The van der Waals surface area contributed by atoms with Crippen molar-refractivity contribution in [2.24, 2.45) is 0 Å². The number of likely N-dealkylation sites (N-methyl/N-ethyl adjacent to an activating group) is 1. The molecule has 2 atom stereocenters. The number of allylic oxidation sites excluding steroid dienone is 16. The Bertz CT molecular complexity index is 1310. The normalized spacial score (nSPS) is 13.8. The minimum absolute atomic E-state index is 0.00472. The lowest BCUT2D eigenvalue weighted by molar-refractivity contribution is -0.889. The highest BCUT2D eigenvalue weighted by molar-refractivity contribution is 5.70. The van der Waals surface area contributed by atoms with Crippen molar-refractivity contribution >= 4 is 17.9 Å². The maximum atomic E-state index is 12.7. The molecule has 8 nitrogen and oxygen atoms in total. The van der Waals surface area contributed by atoms with Gasteiger partial charge in [0, 0.05) is 19.3 Å². The average molecular weight is 850 g/mol. The minimum Gasteiger partial charge on any atom is -0.544 e. The highest BCUT2D eigenvalue weighted by Gasteiger charge is 2.25. The van der Waals surface area contributed by atoms with E-state index in [1.807, 2.05) is 12.2 Å². The van der Waals surface area contributed by atoms with Crippen LogP contribution >= 0.6 is 0 Å². The summed E-state index contributed by atoms with van der Waals surface area (Å²) in [6.45, 7) is 4.34. The second-order valence-corrected chi connectivity index (χ2v) is 16.6. The van der Waals surface area contributed by atoms with Crippen LogP contribution in [0.1, 0.15) is 168 Å². The predicted molar refractivity (Wildman–Crippen MR) is 254 cm³/mol. The van der Waals surface area contributed by atoms with Gasteiger partial charge in [0.25, 0.3) is 0 Å². The van der Waals surface area contributed by atoms with Gasteiger partial charge in [0.05, 0.1) is 40.3 Å². The third-order valence-electron chi connectivity index (χ3n) is 9.98. The lowest BCUT2D eigenvalue weighted by Gasteiger charge is -2.34. The number of carboxylic acids is 1. The first-order valence-corrected chi connectivity index (χ1v) is 23.8. The van der Waals surface area contributed by atoms with Crippen LogP contribution in [0.5, 0.6) is 0 Å². The molecule has 8 heteroatoms. The summed E-state index contributed by atoms with van der Waals surface area (Å²) in [5.41, 5.74) is 0. The van der Waals surface area contributed by atoms with E-state index in [0.717, 1.165) is 70.6 Å². The monoisotopic (exact) mass is 850 g/mol. The molecule has 0 rings (SSSR count). The molecular formula is C53H87NO7. The van der Waals surface area contributed by atoms with Gasteiger partial charge in [-0.3, -0.25) is 9.59 Å². The number of carbonyl (C=O) groups is 3. The zero-order chi connectivity index (χ0) is 44.9. The minimum atomic E-state index is -1.14. The number of hydrogen-bond acceptors (Lipinski definition) is 7. The number of nitrogens with zero attached hydrogens (tertiary/aromatic N) is 1. The van der Waals surface area contributed by atoms with Crippen molar-refractivity contribution in [3.05, 3.63) is 97.2 Å². The molecule has 0 N–H and O–H groups in total. The van der Waals surface area contributed by atoms with E-state index in [-0.39, 0.29) is 43.1 Å². The van der Waals surface area contributed by atoms with Gasteiger partial charge in [0.15, 0.2) is 6.10 Å². The number of esters is 2. The quantitative estimate of drug-likeness (QED) is 0.0261. The van der Waals surface area contributed by atoms with Gasteiger partial charge in [-0.1, -0.05) is 169 Å². The molecule has 0 bridgehead atoms. The van der Waals surface area contributed by atoms with E-state index in [1.165, 1.54) is 57.8 Å². The van der Waals surface area contributed by atoms with Gasteiger partial charge in [-0.2, -0.15) is 0 Å². The third-order valence-corrected chi connectivity index (χ3v) is 9.98. The molecule has 0 aliphatic rings. The van der Waals surface area contributed by atoms with E-state index < -0.39 is 24.1 Å². The first kappa shape index (κ1) is 57.2. The van der Waals surface area contributed by atoms with Gasteiger partial charge in [-0.05, 0) is 77.0 Å². The van der Waals surface area contributed by atoms with Crippen molar-refractivity contribution in [3.63, 3.8) is 0 Å². The number of hydrogen-bond donors (Lipinski definition) is 0. The first-order valence-electron chi connectivity index (χ1n) is 23.8. The lowest BCUT2D eigenvalue weighted by Crippen LogP contribution is -2.55. The Morgan fingerprint density at radius 3 is 1.34 bits per heavy atom. The smallest absolute Gasteiger partial charge is 0.306 e. The highest BCUT2D eigenvalue weighted by atomic mass is 16.6. The molecule has 0 amide bonds. The molecule has 346 valence electrons. The van der Waals surface area contributed by atoms with Crippen LogP contribution in [0, 0.1) is 0 Å². The van der Waals surface area contributed by atoms with Gasteiger partial charge >= 0.3 is 11.9 Å². The largest absolute Gasteiger partial charge is 0.544 e. The Hall–Kier alpha value is -3.75. The standard InChI is InChI=1S/C53H87NO7/c1-6-8-10-12-14-16-18-20-22-24-25-26-27-28-30-31-33-35-37-39-41-43-51(55)60-48-49(47-59-46-45-50(53(57)58)54(3,4)5)61-52(56)44-42-40-38-36-34-32-29-23-21-19-17-15-13-11-9-7-2/h8-11,14-17,20-23,32,34,38,40,49-50H,6-7,12-13,18-19,24-31,33,35-37,39,41-48H2,1-5H3/b10-8+,11-9+,16-14+,17-15+,22-20+,23-21+,34-32+,40-38+. The maximum absolute atomic E-state index is 12.7. The Balaban J connectivity index is 4.37. The molecule has 0 aromatic heterocycles. The molecule has 0 spiro atoms. The van der Waals surface area contributed by atoms with Gasteiger partial charge < -0.3 is 28.6 Å². The fraction of sp³-hybridized carbons (Fsp3) is 0.642. The third kappa shape index (κ3) is 41.4. The van der Waals surface area contributed by atoms with E-state index in [2.05, 4.69) is 98.9 Å². The van der Waals surface area contributed by atoms with Crippen LogP contribution in [0.4, 0.5) is 0 Å². The predicted octanol–water partition coefficient (Wildman–Crippen LogP) is 12.1. The summed E-state index contributed by atoms with van der Waals surface area (Å²) in [6.07, 6.45) is 57.4. The molecule has 0 radical (unpaired) electrons. The Kier molecular flexibility index (Phi) is 40.3. The first-order chi connectivity index (χ1) is 29.6. The zero-order valence-corrected chi connectivity index (χ0v) is 39.3. The van der Waals surface area contributed by atoms with Crippen LogP contribution in [0.25, 0.3) is 0 Å². The van der Waals surface area contributed by atoms with Crippen LogP contribution in [-0.2, 0) is 28.6 Å². The molecule has 0 aliphatic heterocycles. The maximum Gasteiger partial charge on any atom is 0.306 e. The molecule has 0 aromatic rings. The summed E-state index contributed by atoms with van der Waals surface area (Å²) < 4.78 is 17.1. The van der Waals surface area contributed by atoms with Crippen molar-refractivity contribution in [2.75, 3.05) is 41.0 Å². The number of quaternary nitrogens is 1. The van der Waals surface area contributed by atoms with Crippen LogP contribution in [0.2, 0.25) is 0 Å². The molecule has 2 unspecified atom stereocenters. The SMILES string of the molecule is CC/C=C/C/C=C/C/C=C/C/C=C/C/C=C/CCC(=O)OC(COCCC(C(=O)[O-])[N+](C)(C)C)COC(=O)CCCCCCCCCCCCC/C=C/C/C=C/C/C=C/CC. The molecule has 0 aromatic carbocycles. The van der Waals surface area contributed by atoms with Crippen LogP contribution in [0.3, 0.4) is 0 Å². The summed E-state index contributed by atoms with van der Waals surface area (Å²) in [4.78, 5) is 36.9. The molecular weight excluding hydrogens is 763 g/mol. The van der Waals surface area contributed by atoms with Crippen molar-refractivity contribution in [1.29, 1.82) is 0 Å². The Morgan fingerprint density at radius 1 is 0.492 bits per heavy atom. The lowest BCUT2D eigenvalue weighted by atomic mass is 10.0. The van der Waals surface area contributed by atoms with Gasteiger partial charge in [0.1, 0.15) is 12.6 Å². The molecule has 0 fully saturated rings. The number of carboxylic acid groups (broad SMARTS) is 1. The second-order valence-electron chi connectivity index (χ2n) is 16.6. The van der Waals surface area contributed by atoms with Crippen molar-refractivity contribution < 1.29 is 38.2 Å². The molecule has 0 saturated heterocycles. The number of ether oxygens (including phenoxy) is 3. The molecule has 0 saturated carbocycles. The fourth-order valence-corrected chi connectivity index (χ4v) is 6.37. The van der Waals surface area contributed by atoms with Crippen LogP contribution in [0.15, 0.2) is 97.2 Å². The van der Waals surface area contributed by atoms with E-state index >= 15 is 0 Å². The van der Waals surface area contributed by atoms with Crippen molar-refractivity contribution in [1.82, 2.24) is 0 Å². The van der Waals surface area contributed by atoms with Gasteiger partial charge in [-0.25, -0.2) is 0 Å². The number of unbranched alkanes of at least 4 members (excludes halogenated alkanes) is 11. The average Bonchev–Trinajstić information content (AvgIpc) is 3.22. The van der Waals surface area contributed by atoms with E-state index in [9.17, 15) is 19.5 Å². The van der Waals surface area contributed by atoms with Crippen LogP contribution < -0.4 is 5.11 Å². The van der Waals surface area contributed by atoms with E-state index in [4.69, 9.17) is 14.2 Å². The molecule has 0 aliphatic carbocycles. The zero-order valence-electron chi connectivity index (χ0n) is 39.3. The fourth-order valence-electron chi connectivity index (χ4n) is 6.37. The summed E-state index contributed by atoms with van der Waals surface area (Å²) in [5, 5.41) is 11.6. The summed E-state index contributed by atoms with van der Waals surface area (Å²) in [5.74, 6) is -1.86. The topological polar surface area (TPSA) is 102 Å².